The summed E-state index contributed by atoms with van der Waals surface area (Å²) in [5, 5.41) is 15.4. The van der Waals surface area contributed by atoms with Crippen LogP contribution in [0.3, 0.4) is 0 Å². The fourth-order valence-electron chi connectivity index (χ4n) is 2.65. The summed E-state index contributed by atoms with van der Waals surface area (Å²) < 4.78 is 5.66. The van der Waals surface area contributed by atoms with E-state index >= 15 is 0 Å². The predicted octanol–water partition coefficient (Wildman–Crippen LogP) is 3.62. The molecule has 2 N–H and O–H groups in total. The van der Waals surface area contributed by atoms with Crippen LogP contribution in [-0.4, -0.2) is 32.0 Å². The molecule has 0 fully saturated rings. The van der Waals surface area contributed by atoms with Crippen molar-refractivity contribution in [1.29, 1.82) is 0 Å². The van der Waals surface area contributed by atoms with Crippen LogP contribution >= 0.6 is 0 Å². The highest BCUT2D eigenvalue weighted by Gasteiger charge is 2.11. The molecule has 0 atom stereocenters. The summed E-state index contributed by atoms with van der Waals surface area (Å²) in [4.78, 5) is 4.20. The van der Waals surface area contributed by atoms with Gasteiger partial charge in [0.1, 0.15) is 17.8 Å². The lowest BCUT2D eigenvalue weighted by Gasteiger charge is -2.06. The summed E-state index contributed by atoms with van der Waals surface area (Å²) in [5.41, 5.74) is 3.81. The van der Waals surface area contributed by atoms with Gasteiger partial charge in [0.2, 0.25) is 0 Å². The van der Waals surface area contributed by atoms with Gasteiger partial charge >= 0.3 is 0 Å². The standard InChI is InChI=1S/C18H16N5O/c1-2-8-24-14-5-3-4-12(9-14)17-15-10-13(18-19-11-20-23-18)6-7-16(15)21-22-17/h3-7,9-11H,1-2,8H2,(H,21,22)(H,19,20,23). The molecule has 119 valence electrons. The van der Waals surface area contributed by atoms with E-state index in [1.807, 2.05) is 36.4 Å². The zero-order chi connectivity index (χ0) is 16.4. The number of nitrogens with zero attached hydrogens (tertiary/aromatic N) is 3. The third-order valence-corrected chi connectivity index (χ3v) is 3.77. The molecule has 4 rings (SSSR count). The van der Waals surface area contributed by atoms with Gasteiger partial charge in [-0.05, 0) is 43.7 Å². The molecule has 0 unspecified atom stereocenters. The van der Waals surface area contributed by atoms with Gasteiger partial charge in [0, 0.05) is 16.5 Å². The Kier molecular flexibility index (Phi) is 3.70. The highest BCUT2D eigenvalue weighted by atomic mass is 16.5. The first-order valence-electron chi connectivity index (χ1n) is 7.71. The first-order chi connectivity index (χ1) is 11.8. The summed E-state index contributed by atoms with van der Waals surface area (Å²) in [7, 11) is 0. The topological polar surface area (TPSA) is 79.5 Å². The van der Waals surface area contributed by atoms with Crippen molar-refractivity contribution >= 4 is 10.9 Å². The van der Waals surface area contributed by atoms with E-state index in [0.717, 1.165) is 45.7 Å². The molecule has 0 aliphatic carbocycles. The second-order valence-electron chi connectivity index (χ2n) is 5.40. The van der Waals surface area contributed by atoms with Gasteiger partial charge in [-0.3, -0.25) is 10.2 Å². The number of H-pyrrole nitrogens is 2. The number of hydrogen-bond donors (Lipinski definition) is 2. The Labute approximate surface area is 138 Å². The van der Waals surface area contributed by atoms with Gasteiger partial charge in [-0.2, -0.15) is 10.2 Å². The predicted molar refractivity (Wildman–Crippen MR) is 92.4 cm³/mol. The Morgan fingerprint density at radius 2 is 2.00 bits per heavy atom. The van der Waals surface area contributed by atoms with Crippen molar-refractivity contribution in [2.24, 2.45) is 0 Å². The van der Waals surface area contributed by atoms with Crippen molar-refractivity contribution in [3.8, 4) is 28.4 Å². The Morgan fingerprint density at radius 1 is 1.04 bits per heavy atom. The molecule has 0 amide bonds. The van der Waals surface area contributed by atoms with Crippen LogP contribution in [0, 0.1) is 6.92 Å². The van der Waals surface area contributed by atoms with Crippen molar-refractivity contribution < 1.29 is 4.74 Å². The van der Waals surface area contributed by atoms with Crippen LogP contribution in [0.4, 0.5) is 0 Å². The molecule has 0 saturated carbocycles. The minimum absolute atomic E-state index is 0.598. The minimum atomic E-state index is 0.598. The molecule has 4 aromatic rings. The van der Waals surface area contributed by atoms with Gasteiger partial charge in [0.25, 0.3) is 0 Å². The Morgan fingerprint density at radius 3 is 2.83 bits per heavy atom. The molecule has 2 aromatic carbocycles. The maximum atomic E-state index is 5.66. The van der Waals surface area contributed by atoms with Gasteiger partial charge in [-0.15, -0.1) is 0 Å². The number of benzene rings is 2. The lowest BCUT2D eigenvalue weighted by atomic mass is 10.1. The normalized spacial score (nSPS) is 11.0. The van der Waals surface area contributed by atoms with Gasteiger partial charge in [-0.25, -0.2) is 4.98 Å². The molecular formula is C18H16N5O. The van der Waals surface area contributed by atoms with E-state index in [2.05, 4.69) is 38.4 Å². The van der Waals surface area contributed by atoms with Crippen LogP contribution in [0.2, 0.25) is 0 Å². The molecule has 1 radical (unpaired) electrons. The Bertz CT molecular complexity index is 959. The van der Waals surface area contributed by atoms with E-state index in [0.29, 0.717) is 6.61 Å². The molecule has 0 saturated heterocycles. The number of rotatable bonds is 5. The van der Waals surface area contributed by atoms with E-state index in [-0.39, 0.29) is 0 Å². The number of aromatic nitrogens is 5. The molecule has 0 bridgehead atoms. The van der Waals surface area contributed by atoms with Crippen LogP contribution in [0.25, 0.3) is 33.5 Å². The molecule has 6 nitrogen and oxygen atoms in total. The highest BCUT2D eigenvalue weighted by Crippen LogP contribution is 2.31. The lowest BCUT2D eigenvalue weighted by molar-refractivity contribution is 0.324. The van der Waals surface area contributed by atoms with Crippen molar-refractivity contribution in [1.82, 2.24) is 25.4 Å². The van der Waals surface area contributed by atoms with Crippen molar-refractivity contribution in [2.45, 2.75) is 6.42 Å². The fourth-order valence-corrected chi connectivity index (χ4v) is 2.65. The third-order valence-electron chi connectivity index (χ3n) is 3.77. The van der Waals surface area contributed by atoms with Crippen LogP contribution in [0.1, 0.15) is 6.42 Å². The SMILES string of the molecule is [CH2]CCOc1cccc(-c2n[nH]c3ccc(-c4ncn[nH]4)cc23)c1. The van der Waals surface area contributed by atoms with Gasteiger partial charge in [-0.1, -0.05) is 12.1 Å². The molecule has 0 aliphatic rings. The largest absolute Gasteiger partial charge is 0.494 e. The summed E-state index contributed by atoms with van der Waals surface area (Å²) in [6, 6.07) is 14.0. The molecule has 2 heterocycles. The summed E-state index contributed by atoms with van der Waals surface area (Å²) in [6.07, 6.45) is 2.23. The van der Waals surface area contributed by atoms with Gasteiger partial charge in [0.15, 0.2) is 5.82 Å². The van der Waals surface area contributed by atoms with Crippen molar-refractivity contribution in [2.75, 3.05) is 6.61 Å². The third kappa shape index (κ3) is 2.62. The number of ether oxygens (including phenoxy) is 1. The van der Waals surface area contributed by atoms with Crippen LogP contribution < -0.4 is 4.74 Å². The first-order valence-corrected chi connectivity index (χ1v) is 7.71. The number of fused-ring (bicyclic) bond motifs is 1. The zero-order valence-electron chi connectivity index (χ0n) is 13.0. The second-order valence-corrected chi connectivity index (χ2v) is 5.40. The Hall–Kier alpha value is -3.15. The van der Waals surface area contributed by atoms with E-state index < -0.39 is 0 Å². The summed E-state index contributed by atoms with van der Waals surface area (Å²) >= 11 is 0. The number of nitrogens with one attached hydrogen (secondary N) is 2. The molecular weight excluding hydrogens is 302 g/mol. The Balaban J connectivity index is 1.78. The van der Waals surface area contributed by atoms with E-state index in [1.54, 1.807) is 0 Å². The molecule has 6 heteroatoms. The minimum Gasteiger partial charge on any atom is -0.494 e. The average molecular weight is 318 g/mol. The second kappa shape index (κ2) is 6.16. The highest BCUT2D eigenvalue weighted by molar-refractivity contribution is 5.95. The maximum Gasteiger partial charge on any atom is 0.155 e. The lowest BCUT2D eigenvalue weighted by Crippen LogP contribution is -1.95. The van der Waals surface area contributed by atoms with E-state index in [4.69, 9.17) is 4.74 Å². The molecule has 0 aliphatic heterocycles. The quantitative estimate of drug-likeness (QED) is 0.589. The van der Waals surface area contributed by atoms with E-state index in [9.17, 15) is 0 Å². The summed E-state index contributed by atoms with van der Waals surface area (Å²) in [6.45, 7) is 4.39. The van der Waals surface area contributed by atoms with Crippen molar-refractivity contribution in [3.63, 3.8) is 0 Å². The number of aromatic amines is 2. The monoisotopic (exact) mass is 318 g/mol. The first kappa shape index (κ1) is 14.4. The average Bonchev–Trinajstić information content (AvgIpc) is 3.29. The maximum absolute atomic E-state index is 5.66. The molecule has 24 heavy (non-hydrogen) atoms. The molecule has 0 spiro atoms. The smallest absolute Gasteiger partial charge is 0.155 e. The van der Waals surface area contributed by atoms with Gasteiger partial charge in [0.05, 0.1) is 12.1 Å². The van der Waals surface area contributed by atoms with Crippen LogP contribution in [0.15, 0.2) is 48.8 Å². The van der Waals surface area contributed by atoms with Gasteiger partial charge < -0.3 is 4.74 Å². The summed E-state index contributed by atoms with van der Waals surface area (Å²) in [5.74, 6) is 1.55. The van der Waals surface area contributed by atoms with Crippen molar-refractivity contribution in [3.05, 3.63) is 55.7 Å². The number of hydrogen-bond acceptors (Lipinski definition) is 4. The zero-order valence-corrected chi connectivity index (χ0v) is 13.0. The van der Waals surface area contributed by atoms with Crippen LogP contribution in [-0.2, 0) is 0 Å². The fraction of sp³-hybridized carbons (Fsp3) is 0.111. The molecule has 2 aromatic heterocycles. The van der Waals surface area contributed by atoms with Crippen LogP contribution in [0.5, 0.6) is 5.75 Å². The van der Waals surface area contributed by atoms with E-state index in [1.165, 1.54) is 6.33 Å².